The maximum atomic E-state index is 12.5. The van der Waals surface area contributed by atoms with E-state index in [2.05, 4.69) is 22.5 Å². The first-order valence-corrected chi connectivity index (χ1v) is 9.23. The number of hydrogen-bond acceptors (Lipinski definition) is 5. The van der Waals surface area contributed by atoms with Crippen LogP contribution in [0.15, 0.2) is 71.4 Å². The largest absolute Gasteiger partial charge is 0.497 e. The van der Waals surface area contributed by atoms with Gasteiger partial charge in [-0.1, -0.05) is 36.3 Å². The molecular formula is C22H20N4O3. The van der Waals surface area contributed by atoms with Crippen LogP contribution in [-0.4, -0.2) is 28.0 Å². The fourth-order valence-corrected chi connectivity index (χ4v) is 2.88. The van der Waals surface area contributed by atoms with Crippen LogP contribution in [0.3, 0.4) is 0 Å². The van der Waals surface area contributed by atoms with Crippen molar-refractivity contribution in [3.63, 3.8) is 0 Å². The van der Waals surface area contributed by atoms with Crippen LogP contribution in [0.1, 0.15) is 23.0 Å². The van der Waals surface area contributed by atoms with Gasteiger partial charge in [-0.05, 0) is 42.3 Å². The van der Waals surface area contributed by atoms with Crippen LogP contribution in [0.5, 0.6) is 5.75 Å². The lowest BCUT2D eigenvalue weighted by atomic mass is 10.1. The van der Waals surface area contributed by atoms with Gasteiger partial charge in [0.2, 0.25) is 5.88 Å². The molecule has 1 amide bonds. The van der Waals surface area contributed by atoms with Crippen molar-refractivity contribution in [2.45, 2.75) is 13.3 Å². The number of hydrogen-bond donors (Lipinski definition) is 1. The van der Waals surface area contributed by atoms with E-state index in [1.807, 2.05) is 48.5 Å². The molecule has 4 aromatic rings. The molecule has 0 bridgehead atoms. The zero-order valence-corrected chi connectivity index (χ0v) is 16.1. The number of anilines is 1. The third-order valence-electron chi connectivity index (χ3n) is 4.56. The number of nitrogens with zero attached hydrogens (tertiary/aromatic N) is 3. The number of aryl methyl sites for hydroxylation is 1. The van der Waals surface area contributed by atoms with Crippen molar-refractivity contribution in [2.24, 2.45) is 0 Å². The van der Waals surface area contributed by atoms with E-state index in [0.29, 0.717) is 5.69 Å². The Hall–Kier alpha value is -3.87. The molecule has 2 aromatic carbocycles. The van der Waals surface area contributed by atoms with Crippen molar-refractivity contribution in [3.8, 4) is 22.7 Å². The molecular weight excluding hydrogens is 368 g/mol. The fourth-order valence-electron chi connectivity index (χ4n) is 2.88. The second kappa shape index (κ2) is 8.02. The summed E-state index contributed by atoms with van der Waals surface area (Å²) in [7, 11) is 1.61. The molecule has 146 valence electrons. The standard InChI is InChI=1S/C22H20N4O3/c1-3-15-4-6-16(7-5-15)20-14-21(29-25-20)23-22(27)19-12-13-26(24-19)17-8-10-18(28-2)11-9-17/h4-14H,3H2,1-2H3,(H,23,27). The first-order chi connectivity index (χ1) is 14.2. The van der Waals surface area contributed by atoms with Gasteiger partial charge >= 0.3 is 0 Å². The van der Waals surface area contributed by atoms with Crippen molar-refractivity contribution < 1.29 is 14.1 Å². The van der Waals surface area contributed by atoms with E-state index < -0.39 is 0 Å². The first kappa shape index (κ1) is 18.5. The Morgan fingerprint density at radius 3 is 2.55 bits per heavy atom. The van der Waals surface area contributed by atoms with E-state index in [-0.39, 0.29) is 17.5 Å². The van der Waals surface area contributed by atoms with Crippen molar-refractivity contribution in [1.82, 2.24) is 14.9 Å². The lowest BCUT2D eigenvalue weighted by molar-refractivity contribution is 0.101. The summed E-state index contributed by atoms with van der Waals surface area (Å²) in [5.41, 5.74) is 3.92. The minimum atomic E-state index is -0.374. The Balaban J connectivity index is 1.45. The lowest BCUT2D eigenvalue weighted by Crippen LogP contribution is -2.12. The molecule has 0 aliphatic rings. The van der Waals surface area contributed by atoms with E-state index in [1.165, 1.54) is 5.56 Å². The van der Waals surface area contributed by atoms with E-state index in [1.54, 1.807) is 30.1 Å². The molecule has 0 radical (unpaired) electrons. The van der Waals surface area contributed by atoms with Gasteiger partial charge in [-0.25, -0.2) is 4.68 Å². The number of aromatic nitrogens is 3. The maximum Gasteiger partial charge on any atom is 0.278 e. The number of rotatable bonds is 6. The topological polar surface area (TPSA) is 82.2 Å². The van der Waals surface area contributed by atoms with Crippen molar-refractivity contribution in [1.29, 1.82) is 0 Å². The highest BCUT2D eigenvalue weighted by Crippen LogP contribution is 2.23. The summed E-state index contributed by atoms with van der Waals surface area (Å²) in [6.07, 6.45) is 2.70. The highest BCUT2D eigenvalue weighted by molar-refractivity contribution is 6.02. The van der Waals surface area contributed by atoms with E-state index in [0.717, 1.165) is 23.4 Å². The van der Waals surface area contributed by atoms with E-state index in [4.69, 9.17) is 9.26 Å². The molecule has 0 spiro atoms. The minimum absolute atomic E-state index is 0.267. The van der Waals surface area contributed by atoms with Crippen molar-refractivity contribution in [3.05, 3.63) is 78.1 Å². The molecule has 4 rings (SSSR count). The summed E-state index contributed by atoms with van der Waals surface area (Å²) in [6, 6.07) is 18.8. The normalized spacial score (nSPS) is 10.7. The van der Waals surface area contributed by atoms with Gasteiger partial charge in [-0.3, -0.25) is 10.1 Å². The summed E-state index contributed by atoms with van der Waals surface area (Å²) in [5, 5.41) is 11.0. The minimum Gasteiger partial charge on any atom is -0.497 e. The zero-order chi connectivity index (χ0) is 20.2. The number of amides is 1. The Bertz CT molecular complexity index is 1110. The molecule has 7 nitrogen and oxygen atoms in total. The number of carbonyl (C=O) groups is 1. The second-order valence-corrected chi connectivity index (χ2v) is 6.42. The average Bonchev–Trinajstić information content (AvgIpc) is 3.44. The molecule has 29 heavy (non-hydrogen) atoms. The van der Waals surface area contributed by atoms with Crippen LogP contribution in [0.2, 0.25) is 0 Å². The van der Waals surface area contributed by atoms with E-state index in [9.17, 15) is 4.79 Å². The van der Waals surface area contributed by atoms with Crippen LogP contribution >= 0.6 is 0 Å². The molecule has 0 fully saturated rings. The predicted molar refractivity (Wildman–Crippen MR) is 109 cm³/mol. The molecule has 0 unspecified atom stereocenters. The molecule has 0 atom stereocenters. The lowest BCUT2D eigenvalue weighted by Gasteiger charge is -2.03. The molecule has 7 heteroatoms. The van der Waals surface area contributed by atoms with Gasteiger partial charge in [-0.2, -0.15) is 5.10 Å². The molecule has 0 saturated carbocycles. The van der Waals surface area contributed by atoms with Gasteiger partial charge < -0.3 is 9.26 Å². The molecule has 0 aliphatic carbocycles. The molecule has 1 N–H and O–H groups in total. The Morgan fingerprint density at radius 1 is 1.10 bits per heavy atom. The monoisotopic (exact) mass is 388 g/mol. The Morgan fingerprint density at radius 2 is 1.86 bits per heavy atom. The highest BCUT2D eigenvalue weighted by Gasteiger charge is 2.14. The van der Waals surface area contributed by atoms with Crippen LogP contribution in [0, 0.1) is 0 Å². The third-order valence-corrected chi connectivity index (χ3v) is 4.56. The SMILES string of the molecule is CCc1ccc(-c2cc(NC(=O)c3ccn(-c4ccc(OC)cc4)n3)on2)cc1. The Labute approximate surface area is 167 Å². The zero-order valence-electron chi connectivity index (χ0n) is 16.1. The number of ether oxygens (including phenoxy) is 1. The summed E-state index contributed by atoms with van der Waals surface area (Å²) < 4.78 is 12.0. The summed E-state index contributed by atoms with van der Waals surface area (Å²) in [4.78, 5) is 12.5. The molecule has 2 heterocycles. The average molecular weight is 388 g/mol. The van der Waals surface area contributed by atoms with Crippen LogP contribution < -0.4 is 10.1 Å². The second-order valence-electron chi connectivity index (χ2n) is 6.42. The van der Waals surface area contributed by atoms with Crippen molar-refractivity contribution in [2.75, 3.05) is 12.4 Å². The maximum absolute atomic E-state index is 12.5. The molecule has 2 aromatic heterocycles. The van der Waals surface area contributed by atoms with Crippen LogP contribution in [0.25, 0.3) is 16.9 Å². The molecule has 0 saturated heterocycles. The van der Waals surface area contributed by atoms with Gasteiger partial charge in [0.1, 0.15) is 11.4 Å². The van der Waals surface area contributed by atoms with Gasteiger partial charge in [-0.15, -0.1) is 0 Å². The summed E-state index contributed by atoms with van der Waals surface area (Å²) in [5.74, 6) is 0.647. The number of methoxy groups -OCH3 is 1. The van der Waals surface area contributed by atoms with E-state index >= 15 is 0 Å². The van der Waals surface area contributed by atoms with Gasteiger partial charge in [0.25, 0.3) is 5.91 Å². The smallest absolute Gasteiger partial charge is 0.278 e. The summed E-state index contributed by atoms with van der Waals surface area (Å²) >= 11 is 0. The van der Waals surface area contributed by atoms with Gasteiger partial charge in [0.15, 0.2) is 5.69 Å². The third kappa shape index (κ3) is 4.03. The van der Waals surface area contributed by atoms with Gasteiger partial charge in [0, 0.05) is 17.8 Å². The highest BCUT2D eigenvalue weighted by atomic mass is 16.5. The molecule has 0 aliphatic heterocycles. The summed E-state index contributed by atoms with van der Waals surface area (Å²) in [6.45, 7) is 2.11. The Kier molecular flexibility index (Phi) is 5.11. The number of nitrogens with one attached hydrogen (secondary N) is 1. The number of benzene rings is 2. The quantitative estimate of drug-likeness (QED) is 0.531. The number of carbonyl (C=O) groups excluding carboxylic acids is 1. The fraction of sp³-hybridized carbons (Fsp3) is 0.136. The first-order valence-electron chi connectivity index (χ1n) is 9.23. The van der Waals surface area contributed by atoms with Gasteiger partial charge in [0.05, 0.1) is 12.8 Å². The predicted octanol–water partition coefficient (Wildman–Crippen LogP) is 4.35. The van der Waals surface area contributed by atoms with Crippen molar-refractivity contribution >= 4 is 11.8 Å². The van der Waals surface area contributed by atoms with Crippen LogP contribution in [0.4, 0.5) is 5.88 Å². The van der Waals surface area contributed by atoms with Crippen LogP contribution in [-0.2, 0) is 6.42 Å².